The van der Waals surface area contributed by atoms with Crippen LogP contribution in [0.4, 0.5) is 4.39 Å². The lowest BCUT2D eigenvalue weighted by atomic mass is 10.2. The molecule has 0 unspecified atom stereocenters. The van der Waals surface area contributed by atoms with Gasteiger partial charge >= 0.3 is 0 Å². The van der Waals surface area contributed by atoms with Crippen molar-refractivity contribution in [3.63, 3.8) is 0 Å². The Balaban J connectivity index is 1.64. The maximum atomic E-state index is 15.5. The zero-order valence-electron chi connectivity index (χ0n) is 17.9. The molecular weight excluding hydrogens is 435 g/mol. The molecule has 0 atom stereocenters. The summed E-state index contributed by atoms with van der Waals surface area (Å²) in [7, 11) is -1.20. The minimum absolute atomic E-state index is 0.0564. The average Bonchev–Trinajstić information content (AvgIpc) is 3.04. The van der Waals surface area contributed by atoms with E-state index < -0.39 is 13.9 Å². The molecule has 4 aromatic rings. The van der Waals surface area contributed by atoms with E-state index in [1.54, 1.807) is 41.2 Å². The fraction of sp³-hybridized carbons (Fsp3) is 0.318. The average molecular weight is 459 g/mol. The van der Waals surface area contributed by atoms with Gasteiger partial charge in [-0.25, -0.2) is 9.37 Å². The summed E-state index contributed by atoms with van der Waals surface area (Å²) in [6.45, 7) is 9.59. The summed E-state index contributed by atoms with van der Waals surface area (Å²) in [5.74, 6) is 0.531. The van der Waals surface area contributed by atoms with Gasteiger partial charge in [-0.1, -0.05) is 31.2 Å². The number of halogens is 2. The number of rotatable bonds is 7. The Labute approximate surface area is 186 Å². The van der Waals surface area contributed by atoms with Gasteiger partial charge in [0.1, 0.15) is 34.4 Å². The maximum Gasteiger partial charge on any atom is 0.191 e. The van der Waals surface area contributed by atoms with Gasteiger partial charge in [-0.05, 0) is 37.2 Å². The molecule has 0 radical (unpaired) electrons. The lowest BCUT2D eigenvalue weighted by Gasteiger charge is -2.16. The number of hydrogen-bond donors (Lipinski definition) is 0. The first kappa shape index (κ1) is 21.7. The molecule has 0 spiro atoms. The van der Waals surface area contributed by atoms with Crippen LogP contribution in [0.3, 0.4) is 0 Å². The fourth-order valence-electron chi connectivity index (χ4n) is 3.23. The number of aryl methyl sites for hydroxylation is 1. The van der Waals surface area contributed by atoms with Gasteiger partial charge in [0.25, 0.3) is 0 Å². The molecule has 0 amide bonds. The van der Waals surface area contributed by atoms with Crippen LogP contribution in [-0.2, 0) is 11.5 Å². The van der Waals surface area contributed by atoms with Crippen molar-refractivity contribution in [3.05, 3.63) is 53.3 Å². The Hall–Kier alpha value is -2.55. The normalized spacial score (nSPS) is 12.1. The molecule has 0 aliphatic rings. The largest absolute Gasteiger partial charge is 0.453 e. The molecule has 162 valence electrons. The van der Waals surface area contributed by atoms with Crippen LogP contribution in [0.5, 0.6) is 11.5 Å². The molecule has 0 aliphatic heterocycles. The number of imidazole rings is 1. The molecule has 2 aromatic heterocycles. The van der Waals surface area contributed by atoms with Gasteiger partial charge in [0, 0.05) is 27.1 Å². The molecule has 2 heterocycles. The lowest BCUT2D eigenvalue weighted by molar-refractivity contribution is 0.0881. The summed E-state index contributed by atoms with van der Waals surface area (Å²) in [6.07, 6.45) is 3.14. The summed E-state index contributed by atoms with van der Waals surface area (Å²) >= 11 is 6.43. The molecule has 0 saturated heterocycles. The van der Waals surface area contributed by atoms with E-state index in [0.29, 0.717) is 40.2 Å². The van der Waals surface area contributed by atoms with E-state index >= 15 is 4.39 Å². The third kappa shape index (κ3) is 4.56. The number of fused-ring (bicyclic) bond motifs is 2. The molecule has 0 bridgehead atoms. The maximum absolute atomic E-state index is 15.5. The van der Waals surface area contributed by atoms with E-state index in [-0.39, 0.29) is 17.5 Å². The lowest BCUT2D eigenvalue weighted by Crippen LogP contribution is -2.22. The van der Waals surface area contributed by atoms with Crippen LogP contribution >= 0.6 is 11.6 Å². The predicted molar refractivity (Wildman–Crippen MR) is 123 cm³/mol. The van der Waals surface area contributed by atoms with Crippen LogP contribution in [0.25, 0.3) is 22.1 Å². The molecule has 9 heteroatoms. The Kier molecular flexibility index (Phi) is 5.96. The van der Waals surface area contributed by atoms with Crippen molar-refractivity contribution in [3.8, 4) is 11.5 Å². The SMILES string of the molecule is Cc1nc2ccc(Oc3ccc4nccnc4c3Cl)c(F)c2n1COCC[Si](C)(C)C. The number of aromatic nitrogens is 4. The van der Waals surface area contributed by atoms with E-state index in [4.69, 9.17) is 21.1 Å². The third-order valence-electron chi connectivity index (χ3n) is 4.98. The highest BCUT2D eigenvalue weighted by Crippen LogP contribution is 2.36. The van der Waals surface area contributed by atoms with Gasteiger partial charge in [0.15, 0.2) is 11.6 Å². The van der Waals surface area contributed by atoms with Crippen molar-refractivity contribution in [2.75, 3.05) is 6.61 Å². The quantitative estimate of drug-likeness (QED) is 0.244. The highest BCUT2D eigenvalue weighted by Gasteiger charge is 2.19. The van der Waals surface area contributed by atoms with Gasteiger partial charge in [0.2, 0.25) is 0 Å². The van der Waals surface area contributed by atoms with Gasteiger partial charge in [-0.2, -0.15) is 0 Å². The number of hydrogen-bond acceptors (Lipinski definition) is 5. The minimum atomic E-state index is -1.20. The monoisotopic (exact) mass is 458 g/mol. The number of ether oxygens (including phenoxy) is 2. The number of benzene rings is 2. The van der Waals surface area contributed by atoms with Crippen LogP contribution in [0.2, 0.25) is 30.7 Å². The minimum Gasteiger partial charge on any atom is -0.453 e. The second-order valence-corrected chi connectivity index (χ2v) is 14.6. The molecule has 0 fully saturated rings. The van der Waals surface area contributed by atoms with E-state index in [1.165, 1.54) is 0 Å². The molecule has 2 aromatic carbocycles. The smallest absolute Gasteiger partial charge is 0.191 e. The molecule has 31 heavy (non-hydrogen) atoms. The van der Waals surface area contributed by atoms with Crippen LogP contribution in [0, 0.1) is 12.7 Å². The van der Waals surface area contributed by atoms with Gasteiger partial charge in [0.05, 0.1) is 11.0 Å². The second kappa shape index (κ2) is 8.53. The summed E-state index contributed by atoms with van der Waals surface area (Å²) in [6, 6.07) is 7.72. The highest BCUT2D eigenvalue weighted by molar-refractivity contribution is 6.76. The Bertz CT molecular complexity index is 1260. The summed E-state index contributed by atoms with van der Waals surface area (Å²) in [4.78, 5) is 12.9. The molecule has 0 N–H and O–H groups in total. The van der Waals surface area contributed by atoms with Crippen LogP contribution in [0.1, 0.15) is 5.82 Å². The molecule has 6 nitrogen and oxygen atoms in total. The van der Waals surface area contributed by atoms with E-state index in [0.717, 1.165) is 6.04 Å². The fourth-order valence-corrected chi connectivity index (χ4v) is 4.24. The van der Waals surface area contributed by atoms with Crippen molar-refractivity contribution in [2.45, 2.75) is 39.3 Å². The Morgan fingerprint density at radius 2 is 1.74 bits per heavy atom. The van der Waals surface area contributed by atoms with Gasteiger partial charge < -0.3 is 14.0 Å². The summed E-state index contributed by atoms with van der Waals surface area (Å²) < 4.78 is 28.9. The van der Waals surface area contributed by atoms with Crippen molar-refractivity contribution in [2.24, 2.45) is 0 Å². The van der Waals surface area contributed by atoms with Crippen LogP contribution < -0.4 is 4.74 Å². The Morgan fingerprint density at radius 3 is 2.52 bits per heavy atom. The van der Waals surface area contributed by atoms with Gasteiger partial charge in [-0.3, -0.25) is 9.97 Å². The predicted octanol–water partition coefficient (Wildman–Crippen LogP) is 6.19. The molecule has 0 saturated carbocycles. The first-order valence-corrected chi connectivity index (χ1v) is 14.1. The third-order valence-corrected chi connectivity index (χ3v) is 7.05. The summed E-state index contributed by atoms with van der Waals surface area (Å²) in [5, 5.41) is 0.282. The highest BCUT2D eigenvalue weighted by atomic mass is 35.5. The van der Waals surface area contributed by atoms with Crippen LogP contribution in [0.15, 0.2) is 36.7 Å². The van der Waals surface area contributed by atoms with Crippen molar-refractivity contribution < 1.29 is 13.9 Å². The van der Waals surface area contributed by atoms with E-state index in [9.17, 15) is 0 Å². The standard InChI is InChI=1S/C22H24ClFN4O2Si/c1-14-27-16-6-8-18(20(24)22(16)28(14)13-29-11-12-31(2,3)4)30-17-7-5-15-21(19(17)23)26-10-9-25-15/h5-10H,11-13H2,1-4H3. The van der Waals surface area contributed by atoms with Crippen LogP contribution in [-0.4, -0.2) is 34.2 Å². The number of nitrogens with zero attached hydrogens (tertiary/aromatic N) is 4. The van der Waals surface area contributed by atoms with Crippen molar-refractivity contribution in [1.29, 1.82) is 0 Å². The van der Waals surface area contributed by atoms with E-state index in [2.05, 4.69) is 34.6 Å². The molecule has 4 rings (SSSR count). The second-order valence-electron chi connectivity index (χ2n) is 8.58. The first-order valence-electron chi connectivity index (χ1n) is 10.0. The summed E-state index contributed by atoms with van der Waals surface area (Å²) in [5.41, 5.74) is 2.03. The Morgan fingerprint density at radius 1 is 1.03 bits per heavy atom. The topological polar surface area (TPSA) is 62.1 Å². The molecule has 0 aliphatic carbocycles. The zero-order chi connectivity index (χ0) is 22.2. The van der Waals surface area contributed by atoms with E-state index in [1.807, 2.05) is 6.92 Å². The van der Waals surface area contributed by atoms with Crippen molar-refractivity contribution in [1.82, 2.24) is 19.5 Å². The van der Waals surface area contributed by atoms with Crippen molar-refractivity contribution >= 4 is 41.7 Å². The van der Waals surface area contributed by atoms with Gasteiger partial charge in [-0.15, -0.1) is 0 Å². The zero-order valence-corrected chi connectivity index (χ0v) is 19.7. The molecular formula is C22H24ClFN4O2Si. The first-order chi connectivity index (χ1) is 14.7.